The molecule has 0 spiro atoms. The highest BCUT2D eigenvalue weighted by atomic mass is 16.5. The maximum Gasteiger partial charge on any atom is 0.288 e. The van der Waals surface area contributed by atoms with E-state index in [1.54, 1.807) is 30.3 Å². The molecular formula is C22H26N4O5. The molecule has 2 rings (SSSR count). The molecule has 1 atom stereocenters. The number of nitrogens with zero attached hydrogens (tertiary/aromatic N) is 2. The molecule has 1 aromatic heterocycles. The van der Waals surface area contributed by atoms with Crippen LogP contribution in [-0.4, -0.2) is 41.7 Å². The van der Waals surface area contributed by atoms with Gasteiger partial charge in [0.2, 0.25) is 12.3 Å². The van der Waals surface area contributed by atoms with E-state index in [0.29, 0.717) is 22.8 Å². The first kappa shape index (κ1) is 23.6. The van der Waals surface area contributed by atoms with Crippen LogP contribution in [0, 0.1) is 17.2 Å². The van der Waals surface area contributed by atoms with Gasteiger partial charge in [0, 0.05) is 5.56 Å². The highest BCUT2D eigenvalue weighted by Gasteiger charge is 2.21. The Morgan fingerprint density at radius 3 is 2.58 bits per heavy atom. The standard InChI is InChI=1S/C22H26N4O5/c1-2-3-4-5-18(13-26(30)15-27)21(28)24-14-25-22(29)20-11-10-19(31-20)17-8-6-16(12-23)7-9-17/h6-11,15,18,30H,2-5,13-14H2,1H3,(H,24,28)(H,25,29). The Bertz CT molecular complexity index is 917. The van der Waals surface area contributed by atoms with Crippen LogP contribution in [0.25, 0.3) is 11.3 Å². The van der Waals surface area contributed by atoms with E-state index in [-0.39, 0.29) is 31.3 Å². The van der Waals surface area contributed by atoms with Crippen LogP contribution in [0.1, 0.15) is 48.7 Å². The maximum absolute atomic E-state index is 12.4. The van der Waals surface area contributed by atoms with Crippen molar-refractivity contribution in [3.05, 3.63) is 47.7 Å². The molecule has 0 aliphatic rings. The first-order valence-electron chi connectivity index (χ1n) is 10.1. The predicted molar refractivity (Wildman–Crippen MR) is 112 cm³/mol. The van der Waals surface area contributed by atoms with E-state index in [2.05, 4.69) is 10.6 Å². The Balaban J connectivity index is 1.88. The van der Waals surface area contributed by atoms with Gasteiger partial charge in [0.05, 0.1) is 30.8 Å². The number of hydrogen-bond acceptors (Lipinski definition) is 6. The molecule has 1 aromatic carbocycles. The van der Waals surface area contributed by atoms with Gasteiger partial charge < -0.3 is 15.1 Å². The van der Waals surface area contributed by atoms with Gasteiger partial charge in [0.1, 0.15) is 5.76 Å². The van der Waals surface area contributed by atoms with E-state index in [9.17, 15) is 19.6 Å². The number of nitrogens with one attached hydrogen (secondary N) is 2. The summed E-state index contributed by atoms with van der Waals surface area (Å²) in [4.78, 5) is 35.3. The minimum absolute atomic E-state index is 0.0793. The third kappa shape index (κ3) is 7.28. The van der Waals surface area contributed by atoms with Gasteiger partial charge in [-0.3, -0.25) is 19.6 Å². The molecule has 31 heavy (non-hydrogen) atoms. The number of unbranched alkanes of at least 4 members (excludes halogenated alkanes) is 2. The lowest BCUT2D eigenvalue weighted by Gasteiger charge is -2.19. The van der Waals surface area contributed by atoms with E-state index in [1.807, 2.05) is 13.0 Å². The van der Waals surface area contributed by atoms with Gasteiger partial charge in [-0.2, -0.15) is 5.26 Å². The van der Waals surface area contributed by atoms with Crippen LogP contribution in [0.15, 0.2) is 40.8 Å². The third-order valence-electron chi connectivity index (χ3n) is 4.70. The van der Waals surface area contributed by atoms with Gasteiger partial charge >= 0.3 is 0 Å². The topological polar surface area (TPSA) is 136 Å². The number of furan rings is 1. The molecule has 9 heteroatoms. The first-order valence-corrected chi connectivity index (χ1v) is 10.1. The largest absolute Gasteiger partial charge is 0.451 e. The zero-order valence-corrected chi connectivity index (χ0v) is 17.3. The van der Waals surface area contributed by atoms with E-state index >= 15 is 0 Å². The Morgan fingerprint density at radius 2 is 1.94 bits per heavy atom. The van der Waals surface area contributed by atoms with Crippen molar-refractivity contribution in [3.63, 3.8) is 0 Å². The monoisotopic (exact) mass is 426 g/mol. The summed E-state index contributed by atoms with van der Waals surface area (Å²) in [6.07, 6.45) is 3.48. The van der Waals surface area contributed by atoms with Crippen molar-refractivity contribution in [1.29, 1.82) is 5.26 Å². The van der Waals surface area contributed by atoms with E-state index in [0.717, 1.165) is 24.8 Å². The molecule has 2 aromatic rings. The number of carbonyl (C=O) groups is 3. The smallest absolute Gasteiger partial charge is 0.288 e. The molecule has 0 aliphatic heterocycles. The highest BCUT2D eigenvalue weighted by molar-refractivity contribution is 5.92. The van der Waals surface area contributed by atoms with Crippen molar-refractivity contribution in [1.82, 2.24) is 15.7 Å². The van der Waals surface area contributed by atoms with Crippen molar-refractivity contribution in [2.24, 2.45) is 5.92 Å². The minimum atomic E-state index is -0.578. The van der Waals surface area contributed by atoms with Crippen LogP contribution in [0.5, 0.6) is 0 Å². The molecule has 3 amide bonds. The Morgan fingerprint density at radius 1 is 1.19 bits per heavy atom. The van der Waals surface area contributed by atoms with Gasteiger partial charge in [-0.05, 0) is 42.8 Å². The number of hydroxylamine groups is 2. The van der Waals surface area contributed by atoms with Crippen molar-refractivity contribution < 1.29 is 24.0 Å². The summed E-state index contributed by atoms with van der Waals surface area (Å²) < 4.78 is 5.56. The fourth-order valence-corrected chi connectivity index (χ4v) is 2.98. The van der Waals surface area contributed by atoms with Gasteiger partial charge in [-0.25, -0.2) is 5.06 Å². The Kier molecular flexibility index (Phi) is 9.26. The van der Waals surface area contributed by atoms with Crippen LogP contribution < -0.4 is 10.6 Å². The lowest BCUT2D eigenvalue weighted by atomic mass is 10.0. The lowest BCUT2D eigenvalue weighted by Crippen LogP contribution is -2.42. The van der Waals surface area contributed by atoms with Gasteiger partial charge in [0.25, 0.3) is 5.91 Å². The zero-order chi connectivity index (χ0) is 22.6. The summed E-state index contributed by atoms with van der Waals surface area (Å²) in [6, 6.07) is 12.0. The fourth-order valence-electron chi connectivity index (χ4n) is 2.98. The summed E-state index contributed by atoms with van der Waals surface area (Å²) in [5.41, 5.74) is 1.25. The van der Waals surface area contributed by atoms with Crippen molar-refractivity contribution in [2.75, 3.05) is 13.2 Å². The summed E-state index contributed by atoms with van der Waals surface area (Å²) in [6.45, 7) is 1.80. The summed E-state index contributed by atoms with van der Waals surface area (Å²) in [7, 11) is 0. The molecular weight excluding hydrogens is 400 g/mol. The quantitative estimate of drug-likeness (QED) is 0.157. The summed E-state index contributed by atoms with van der Waals surface area (Å²) in [5, 5.41) is 23.9. The number of hydrogen-bond donors (Lipinski definition) is 3. The second kappa shape index (κ2) is 12.1. The number of carbonyl (C=O) groups excluding carboxylic acids is 3. The number of benzene rings is 1. The molecule has 164 valence electrons. The molecule has 0 radical (unpaired) electrons. The molecule has 0 aliphatic carbocycles. The Hall–Kier alpha value is -3.64. The highest BCUT2D eigenvalue weighted by Crippen LogP contribution is 2.22. The molecule has 1 heterocycles. The lowest BCUT2D eigenvalue weighted by molar-refractivity contribution is -0.154. The molecule has 0 saturated carbocycles. The van der Waals surface area contributed by atoms with Crippen LogP contribution in [-0.2, 0) is 9.59 Å². The first-order chi connectivity index (χ1) is 15.0. The van der Waals surface area contributed by atoms with E-state index in [4.69, 9.17) is 9.68 Å². The van der Waals surface area contributed by atoms with Gasteiger partial charge in [-0.1, -0.05) is 26.2 Å². The molecule has 0 bridgehead atoms. The number of nitriles is 1. The normalized spacial score (nSPS) is 11.3. The number of rotatable bonds is 12. The predicted octanol–water partition coefficient (Wildman–Crippen LogP) is 2.67. The molecule has 9 nitrogen and oxygen atoms in total. The molecule has 3 N–H and O–H groups in total. The van der Waals surface area contributed by atoms with Crippen LogP contribution in [0.2, 0.25) is 0 Å². The average molecular weight is 426 g/mol. The van der Waals surface area contributed by atoms with Crippen molar-refractivity contribution in [2.45, 2.75) is 32.6 Å². The minimum Gasteiger partial charge on any atom is -0.451 e. The van der Waals surface area contributed by atoms with Gasteiger partial charge in [0.15, 0.2) is 5.76 Å². The molecule has 0 saturated heterocycles. The van der Waals surface area contributed by atoms with Crippen molar-refractivity contribution >= 4 is 18.2 Å². The van der Waals surface area contributed by atoms with E-state index in [1.165, 1.54) is 6.07 Å². The second-order valence-electron chi connectivity index (χ2n) is 7.00. The van der Waals surface area contributed by atoms with Gasteiger partial charge in [-0.15, -0.1) is 0 Å². The van der Waals surface area contributed by atoms with Crippen LogP contribution in [0.4, 0.5) is 0 Å². The zero-order valence-electron chi connectivity index (χ0n) is 17.3. The molecule has 0 fully saturated rings. The summed E-state index contributed by atoms with van der Waals surface area (Å²) in [5.74, 6) is -0.887. The average Bonchev–Trinajstić information content (AvgIpc) is 3.28. The Labute approximate surface area is 180 Å². The second-order valence-corrected chi connectivity index (χ2v) is 7.00. The van der Waals surface area contributed by atoms with Crippen LogP contribution >= 0.6 is 0 Å². The molecule has 1 unspecified atom stereocenters. The van der Waals surface area contributed by atoms with Crippen molar-refractivity contribution in [3.8, 4) is 17.4 Å². The number of amides is 3. The third-order valence-corrected chi connectivity index (χ3v) is 4.70. The SMILES string of the molecule is CCCCCC(CN(O)C=O)C(=O)NCNC(=O)c1ccc(-c2ccc(C#N)cc2)o1. The van der Waals surface area contributed by atoms with E-state index < -0.39 is 11.8 Å². The fraction of sp³-hybridized carbons (Fsp3) is 0.364. The summed E-state index contributed by atoms with van der Waals surface area (Å²) >= 11 is 0. The van der Waals surface area contributed by atoms with Crippen LogP contribution in [0.3, 0.4) is 0 Å². The maximum atomic E-state index is 12.4.